The molecular formula is C8H19O3PSi. The molecule has 0 amide bonds. The second-order valence-electron chi connectivity index (χ2n) is 2.28. The fourth-order valence-corrected chi connectivity index (χ4v) is 1.58. The predicted octanol–water partition coefficient (Wildman–Crippen LogP) is 0.702. The minimum Gasteiger partial charge on any atom is -0.463 e. The van der Waals surface area contributed by atoms with Crippen LogP contribution >= 0.6 is 9.90 Å². The second kappa shape index (κ2) is 11.8. The van der Waals surface area contributed by atoms with E-state index in [9.17, 15) is 4.79 Å². The highest BCUT2D eigenvalue weighted by Gasteiger charge is 1.94. The molecular weight excluding hydrogens is 203 g/mol. The van der Waals surface area contributed by atoms with E-state index >= 15 is 0 Å². The molecule has 1 unspecified atom stereocenters. The van der Waals surface area contributed by atoms with E-state index in [1.165, 1.54) is 6.08 Å². The van der Waals surface area contributed by atoms with Gasteiger partial charge in [-0.1, -0.05) is 6.58 Å². The van der Waals surface area contributed by atoms with Gasteiger partial charge in [0.15, 0.2) is 9.76 Å². The molecule has 0 spiro atoms. The lowest BCUT2D eigenvalue weighted by Crippen LogP contribution is -2.04. The normalized spacial score (nSPS) is 9.62. The summed E-state index contributed by atoms with van der Waals surface area (Å²) in [7, 11) is -0.357. The van der Waals surface area contributed by atoms with Gasteiger partial charge in [-0.15, -0.1) is 0 Å². The molecule has 0 aromatic rings. The van der Waals surface area contributed by atoms with Crippen molar-refractivity contribution >= 4 is 25.6 Å². The lowest BCUT2D eigenvalue weighted by molar-refractivity contribution is -0.137. The van der Waals surface area contributed by atoms with E-state index in [0.29, 0.717) is 6.61 Å². The van der Waals surface area contributed by atoms with Crippen molar-refractivity contribution in [3.63, 3.8) is 0 Å². The van der Waals surface area contributed by atoms with Crippen molar-refractivity contribution in [3.05, 3.63) is 12.7 Å². The van der Waals surface area contributed by atoms with E-state index in [2.05, 4.69) is 6.58 Å². The lowest BCUT2D eigenvalue weighted by atomic mass is 10.5. The number of rotatable bonds is 7. The highest BCUT2D eigenvalue weighted by molar-refractivity contribution is 6.92. The van der Waals surface area contributed by atoms with Crippen LogP contribution in [0.25, 0.3) is 0 Å². The van der Waals surface area contributed by atoms with E-state index in [4.69, 9.17) is 9.16 Å². The topological polar surface area (TPSA) is 35.5 Å². The quantitative estimate of drug-likeness (QED) is 0.209. The Kier molecular flexibility index (Phi) is 13.9. The molecule has 0 saturated carbocycles. The van der Waals surface area contributed by atoms with Gasteiger partial charge < -0.3 is 9.16 Å². The summed E-state index contributed by atoms with van der Waals surface area (Å²) < 4.78 is 10.0. The Hall–Kier alpha value is -0.183. The Balaban J connectivity index is 0. The van der Waals surface area contributed by atoms with E-state index in [1.807, 2.05) is 6.92 Å². The largest absolute Gasteiger partial charge is 0.463 e. The maximum absolute atomic E-state index is 10.5. The van der Waals surface area contributed by atoms with Crippen molar-refractivity contribution in [3.8, 4) is 0 Å². The zero-order valence-electron chi connectivity index (χ0n) is 8.25. The molecule has 0 N–H and O–H groups in total. The zero-order valence-corrected chi connectivity index (χ0v) is 11.1. The van der Waals surface area contributed by atoms with Crippen molar-refractivity contribution in [1.82, 2.24) is 0 Å². The Labute approximate surface area is 85.4 Å². The molecule has 0 aliphatic rings. The van der Waals surface area contributed by atoms with Gasteiger partial charge >= 0.3 is 5.97 Å². The first kappa shape index (κ1) is 15.3. The van der Waals surface area contributed by atoms with Gasteiger partial charge in [0, 0.05) is 12.7 Å². The molecule has 0 saturated heterocycles. The Morgan fingerprint density at radius 3 is 2.85 bits per heavy atom. The van der Waals surface area contributed by atoms with Crippen LogP contribution in [0.15, 0.2) is 12.7 Å². The van der Waals surface area contributed by atoms with E-state index in [-0.39, 0.29) is 25.6 Å². The highest BCUT2D eigenvalue weighted by atomic mass is 31.0. The summed E-state index contributed by atoms with van der Waals surface area (Å²) in [4.78, 5) is 10.5. The van der Waals surface area contributed by atoms with Crippen molar-refractivity contribution in [2.24, 2.45) is 0 Å². The smallest absolute Gasteiger partial charge is 0.330 e. The molecule has 0 aliphatic carbocycles. The third-order valence-corrected chi connectivity index (χ3v) is 2.78. The number of hydrogen-bond donors (Lipinski definition) is 0. The molecule has 0 heterocycles. The number of ether oxygens (including phenoxy) is 1. The molecule has 0 radical (unpaired) electrons. The number of carbonyl (C=O) groups excluding carboxylic acids is 1. The summed E-state index contributed by atoms with van der Waals surface area (Å²) in [5, 5.41) is 0. The standard InChI is InChI=1S/C8H16O3Si.H3P/c1-3-8(9)10-6-5-7-12-11-4-2;/h3H,1,4-7,12H2,2H3;1H3. The van der Waals surface area contributed by atoms with Crippen LogP contribution < -0.4 is 0 Å². The van der Waals surface area contributed by atoms with Crippen LogP contribution in [0.3, 0.4) is 0 Å². The van der Waals surface area contributed by atoms with Crippen LogP contribution in [0.4, 0.5) is 0 Å². The molecule has 13 heavy (non-hydrogen) atoms. The van der Waals surface area contributed by atoms with E-state index in [0.717, 1.165) is 19.1 Å². The second-order valence-corrected chi connectivity index (χ2v) is 3.80. The third-order valence-electron chi connectivity index (χ3n) is 1.30. The molecule has 1 atom stereocenters. The first-order valence-electron chi connectivity index (χ1n) is 4.18. The maximum Gasteiger partial charge on any atom is 0.330 e. The molecule has 0 aliphatic heterocycles. The average molecular weight is 222 g/mol. The van der Waals surface area contributed by atoms with Crippen LogP contribution in [0.1, 0.15) is 13.3 Å². The highest BCUT2D eigenvalue weighted by Crippen LogP contribution is 1.91. The number of hydrogen-bond acceptors (Lipinski definition) is 3. The SMILES string of the molecule is C=CC(=O)OCCC[SiH2]OCC.P. The van der Waals surface area contributed by atoms with Crippen molar-refractivity contribution in [1.29, 1.82) is 0 Å². The van der Waals surface area contributed by atoms with Gasteiger partial charge in [-0.25, -0.2) is 4.79 Å². The van der Waals surface area contributed by atoms with Gasteiger partial charge in [-0.05, 0) is 19.4 Å². The van der Waals surface area contributed by atoms with Crippen molar-refractivity contribution in [2.75, 3.05) is 13.2 Å². The minimum atomic E-state index is -0.357. The molecule has 0 fully saturated rings. The minimum absolute atomic E-state index is 0. The Morgan fingerprint density at radius 1 is 1.62 bits per heavy atom. The number of esters is 1. The van der Waals surface area contributed by atoms with Gasteiger partial charge in [0.2, 0.25) is 0 Å². The Bertz CT molecular complexity index is 141. The summed E-state index contributed by atoms with van der Waals surface area (Å²) in [6.07, 6.45) is 2.09. The van der Waals surface area contributed by atoms with Crippen LogP contribution in [-0.2, 0) is 14.0 Å². The molecule has 0 aromatic carbocycles. The molecule has 0 bridgehead atoms. The van der Waals surface area contributed by atoms with Gasteiger partial charge in [0.05, 0.1) is 6.61 Å². The van der Waals surface area contributed by atoms with Gasteiger partial charge in [0.1, 0.15) is 0 Å². The summed E-state index contributed by atoms with van der Waals surface area (Å²) in [6.45, 7) is 6.58. The fourth-order valence-electron chi connectivity index (χ4n) is 0.682. The monoisotopic (exact) mass is 222 g/mol. The van der Waals surface area contributed by atoms with Crippen LogP contribution in [0, 0.1) is 0 Å². The average Bonchev–Trinajstić information content (AvgIpc) is 2.10. The molecule has 5 heteroatoms. The molecule has 0 rings (SSSR count). The van der Waals surface area contributed by atoms with Crippen LogP contribution in [0.5, 0.6) is 0 Å². The van der Waals surface area contributed by atoms with Gasteiger partial charge in [0.25, 0.3) is 0 Å². The lowest BCUT2D eigenvalue weighted by Gasteiger charge is -2.01. The van der Waals surface area contributed by atoms with Gasteiger partial charge in [-0.2, -0.15) is 9.90 Å². The summed E-state index contributed by atoms with van der Waals surface area (Å²) in [5.41, 5.74) is 0. The Morgan fingerprint density at radius 2 is 2.31 bits per heavy atom. The number of carbonyl (C=O) groups is 1. The summed E-state index contributed by atoms with van der Waals surface area (Å²) in [5.74, 6) is -0.340. The maximum atomic E-state index is 10.5. The first-order chi connectivity index (χ1) is 5.81. The van der Waals surface area contributed by atoms with E-state index in [1.54, 1.807) is 0 Å². The fraction of sp³-hybridized carbons (Fsp3) is 0.625. The first-order valence-corrected chi connectivity index (χ1v) is 5.76. The van der Waals surface area contributed by atoms with Crippen LogP contribution in [0.2, 0.25) is 6.04 Å². The predicted molar refractivity (Wildman–Crippen MR) is 61.9 cm³/mol. The third kappa shape index (κ3) is 11.8. The summed E-state index contributed by atoms with van der Waals surface area (Å²) >= 11 is 0. The molecule has 0 aromatic heterocycles. The summed E-state index contributed by atoms with van der Waals surface area (Å²) in [6, 6.07) is 1.07. The van der Waals surface area contributed by atoms with Crippen molar-refractivity contribution < 1.29 is 14.0 Å². The van der Waals surface area contributed by atoms with Crippen LogP contribution in [-0.4, -0.2) is 28.9 Å². The zero-order chi connectivity index (χ0) is 9.23. The molecule has 3 nitrogen and oxygen atoms in total. The van der Waals surface area contributed by atoms with E-state index < -0.39 is 0 Å². The van der Waals surface area contributed by atoms with Gasteiger partial charge in [-0.3, -0.25) is 0 Å². The molecule has 78 valence electrons. The van der Waals surface area contributed by atoms with Crippen molar-refractivity contribution in [2.45, 2.75) is 19.4 Å².